The molecule has 0 saturated heterocycles. The number of alkyl halides is 3. The molecule has 7 heteroatoms. The normalized spacial score (nSPS) is 12.0. The van der Waals surface area contributed by atoms with Crippen LogP contribution in [0.5, 0.6) is 0 Å². The second-order valence-electron chi connectivity index (χ2n) is 1.77. The van der Waals surface area contributed by atoms with Gasteiger partial charge in [-0.15, -0.1) is 0 Å². The Kier molecular flexibility index (Phi) is 1.81. The molecule has 1 aromatic rings. The third-order valence-electron chi connectivity index (χ3n) is 1.04. The first kappa shape index (κ1) is 7.99. The summed E-state index contributed by atoms with van der Waals surface area (Å²) in [5.74, 6) is 0. The van der Waals surface area contributed by atoms with Gasteiger partial charge in [0.2, 0.25) is 0 Å². The summed E-state index contributed by atoms with van der Waals surface area (Å²) in [5.41, 5.74) is -1.66. The van der Waals surface area contributed by atoms with Crippen molar-refractivity contribution in [1.29, 1.82) is 0 Å². The highest BCUT2D eigenvalue weighted by Gasteiger charge is 2.37. The van der Waals surface area contributed by atoms with E-state index in [2.05, 4.69) is 10.2 Å². The van der Waals surface area contributed by atoms with Crippen molar-refractivity contribution in [3.05, 3.63) is 11.4 Å². The van der Waals surface area contributed by atoms with E-state index in [0.29, 0.717) is 0 Å². The number of nitrogens with zero attached hydrogens (tertiary/aromatic N) is 2. The summed E-state index contributed by atoms with van der Waals surface area (Å²) in [6, 6.07) is 0. The van der Waals surface area contributed by atoms with Crippen molar-refractivity contribution >= 4 is 0 Å². The van der Waals surface area contributed by atoms with E-state index in [4.69, 9.17) is 5.11 Å². The van der Waals surface area contributed by atoms with E-state index in [1.54, 1.807) is 5.21 Å². The smallest absolute Gasteiger partial charge is 0.390 e. The van der Waals surface area contributed by atoms with Crippen LogP contribution in [0.2, 0.25) is 0 Å². The first-order chi connectivity index (χ1) is 5.05. The Morgan fingerprint density at radius 2 is 2.00 bits per heavy atom. The lowest BCUT2D eigenvalue weighted by molar-refractivity contribution is -0.142. The average Bonchev–Trinajstić information content (AvgIpc) is 2.31. The van der Waals surface area contributed by atoms with Crippen LogP contribution in [0.4, 0.5) is 13.2 Å². The standard InChI is InChI=1S/C4H4F3N3O/c5-4(6,7)3-2(1-11)8-10-9-3/h11H,1H2,(H,8,9,10). The number of halogens is 3. The van der Waals surface area contributed by atoms with Gasteiger partial charge < -0.3 is 5.11 Å². The quantitative estimate of drug-likeness (QED) is 0.632. The van der Waals surface area contributed by atoms with Crippen LogP contribution in [0.3, 0.4) is 0 Å². The van der Waals surface area contributed by atoms with E-state index < -0.39 is 24.2 Å². The molecule has 0 bridgehead atoms. The van der Waals surface area contributed by atoms with Crippen LogP contribution in [-0.4, -0.2) is 20.5 Å². The lowest BCUT2D eigenvalue weighted by atomic mass is 10.3. The molecule has 4 nitrogen and oxygen atoms in total. The van der Waals surface area contributed by atoms with Crippen LogP contribution < -0.4 is 0 Å². The second kappa shape index (κ2) is 2.50. The molecule has 0 unspecified atom stereocenters. The third-order valence-corrected chi connectivity index (χ3v) is 1.04. The maximum atomic E-state index is 11.8. The summed E-state index contributed by atoms with van der Waals surface area (Å²) in [7, 11) is 0. The Hall–Kier alpha value is -1.11. The molecule has 0 amide bonds. The number of hydrogen-bond donors (Lipinski definition) is 2. The Balaban J connectivity index is 3.02. The molecule has 0 radical (unpaired) electrons. The molecule has 1 rings (SSSR count). The molecule has 0 aliphatic heterocycles. The van der Waals surface area contributed by atoms with Gasteiger partial charge in [-0.1, -0.05) is 0 Å². The van der Waals surface area contributed by atoms with E-state index in [1.165, 1.54) is 0 Å². The van der Waals surface area contributed by atoms with Crippen molar-refractivity contribution in [2.24, 2.45) is 0 Å². The number of aliphatic hydroxyl groups excluding tert-OH is 1. The molecule has 62 valence electrons. The van der Waals surface area contributed by atoms with E-state index in [-0.39, 0.29) is 0 Å². The van der Waals surface area contributed by atoms with Gasteiger partial charge in [-0.05, 0) is 0 Å². The zero-order valence-corrected chi connectivity index (χ0v) is 5.18. The van der Waals surface area contributed by atoms with Crippen LogP contribution >= 0.6 is 0 Å². The highest BCUT2D eigenvalue weighted by atomic mass is 19.4. The predicted molar refractivity (Wildman–Crippen MR) is 27.3 cm³/mol. The van der Waals surface area contributed by atoms with Gasteiger partial charge in [-0.25, -0.2) is 0 Å². The van der Waals surface area contributed by atoms with Gasteiger partial charge in [0.05, 0.1) is 6.61 Å². The molecule has 0 aliphatic carbocycles. The maximum Gasteiger partial charge on any atom is 0.437 e. The zero-order valence-electron chi connectivity index (χ0n) is 5.18. The topological polar surface area (TPSA) is 61.8 Å². The molecule has 2 N–H and O–H groups in total. The molecule has 0 aromatic carbocycles. The van der Waals surface area contributed by atoms with Gasteiger partial charge in [0, 0.05) is 0 Å². The lowest BCUT2D eigenvalue weighted by Crippen LogP contribution is -2.09. The van der Waals surface area contributed by atoms with Gasteiger partial charge in [0.15, 0.2) is 5.69 Å². The predicted octanol–water partition coefficient (Wildman–Crippen LogP) is 0.316. The summed E-state index contributed by atoms with van der Waals surface area (Å²) in [6.07, 6.45) is -4.55. The van der Waals surface area contributed by atoms with Crippen LogP contribution in [0.15, 0.2) is 0 Å². The van der Waals surface area contributed by atoms with Crippen molar-refractivity contribution < 1.29 is 18.3 Å². The van der Waals surface area contributed by atoms with Gasteiger partial charge >= 0.3 is 6.18 Å². The van der Waals surface area contributed by atoms with E-state index in [9.17, 15) is 13.2 Å². The molecule has 0 fully saturated rings. The lowest BCUT2D eigenvalue weighted by Gasteiger charge is -2.01. The minimum atomic E-state index is -4.55. The molecule has 0 aliphatic rings. The van der Waals surface area contributed by atoms with Crippen molar-refractivity contribution in [1.82, 2.24) is 15.4 Å². The van der Waals surface area contributed by atoms with Crippen molar-refractivity contribution in [3.63, 3.8) is 0 Å². The summed E-state index contributed by atoms with van der Waals surface area (Å²) in [5, 5.41) is 16.1. The van der Waals surface area contributed by atoms with E-state index >= 15 is 0 Å². The fourth-order valence-corrected chi connectivity index (χ4v) is 0.590. The summed E-state index contributed by atoms with van der Waals surface area (Å²) in [4.78, 5) is 0. The van der Waals surface area contributed by atoms with Crippen LogP contribution in [-0.2, 0) is 12.8 Å². The number of hydrogen-bond acceptors (Lipinski definition) is 3. The van der Waals surface area contributed by atoms with Gasteiger partial charge in [-0.3, -0.25) is 0 Å². The first-order valence-electron chi connectivity index (χ1n) is 2.63. The largest absolute Gasteiger partial charge is 0.437 e. The third kappa shape index (κ3) is 1.48. The SMILES string of the molecule is OCc1n[nH]nc1C(F)(F)F. The average molecular weight is 167 g/mol. The maximum absolute atomic E-state index is 11.8. The highest BCUT2D eigenvalue weighted by molar-refractivity contribution is 5.10. The molecule has 1 heterocycles. The number of aliphatic hydroxyl groups is 1. The van der Waals surface area contributed by atoms with Gasteiger partial charge in [0.25, 0.3) is 0 Å². The van der Waals surface area contributed by atoms with Crippen LogP contribution in [0.25, 0.3) is 0 Å². The monoisotopic (exact) mass is 167 g/mol. The number of aromatic nitrogens is 3. The van der Waals surface area contributed by atoms with Gasteiger partial charge in [0.1, 0.15) is 5.69 Å². The Morgan fingerprint density at radius 3 is 2.36 bits per heavy atom. The minimum Gasteiger partial charge on any atom is -0.390 e. The molecule has 0 spiro atoms. The van der Waals surface area contributed by atoms with Crippen molar-refractivity contribution in [2.75, 3.05) is 0 Å². The number of rotatable bonds is 1. The Labute approximate surface area is 59.0 Å². The van der Waals surface area contributed by atoms with Crippen molar-refractivity contribution in [3.8, 4) is 0 Å². The minimum absolute atomic E-state index is 0.488. The van der Waals surface area contributed by atoms with E-state index in [1.807, 2.05) is 0 Å². The number of H-pyrrole nitrogens is 1. The molecule has 11 heavy (non-hydrogen) atoms. The highest BCUT2D eigenvalue weighted by Crippen LogP contribution is 2.28. The summed E-state index contributed by atoms with van der Waals surface area (Å²) < 4.78 is 35.5. The molecule has 0 saturated carbocycles. The number of aromatic amines is 1. The number of nitrogens with one attached hydrogen (secondary N) is 1. The molecule has 0 atom stereocenters. The summed E-state index contributed by atoms with van der Waals surface area (Å²) >= 11 is 0. The molecule has 1 aromatic heterocycles. The van der Waals surface area contributed by atoms with E-state index in [0.717, 1.165) is 0 Å². The zero-order chi connectivity index (χ0) is 8.48. The fourth-order valence-electron chi connectivity index (χ4n) is 0.590. The first-order valence-corrected chi connectivity index (χ1v) is 2.63. The van der Waals surface area contributed by atoms with Crippen molar-refractivity contribution in [2.45, 2.75) is 12.8 Å². The summed E-state index contributed by atoms with van der Waals surface area (Å²) in [6.45, 7) is -0.772. The Bertz CT molecular complexity index is 243. The molecular weight excluding hydrogens is 163 g/mol. The second-order valence-corrected chi connectivity index (χ2v) is 1.77. The van der Waals surface area contributed by atoms with Crippen LogP contribution in [0.1, 0.15) is 11.4 Å². The molecular formula is C4H4F3N3O. The van der Waals surface area contributed by atoms with Gasteiger partial charge in [-0.2, -0.15) is 28.6 Å². The van der Waals surface area contributed by atoms with Crippen LogP contribution in [0, 0.1) is 0 Å². The fraction of sp³-hybridized carbons (Fsp3) is 0.500. The Morgan fingerprint density at radius 1 is 1.36 bits per heavy atom.